The van der Waals surface area contributed by atoms with E-state index in [-0.39, 0.29) is 29.4 Å². The lowest BCUT2D eigenvalue weighted by Gasteiger charge is -2.27. The van der Waals surface area contributed by atoms with E-state index in [2.05, 4.69) is 6.58 Å². The van der Waals surface area contributed by atoms with Gasteiger partial charge < -0.3 is 20.3 Å². The summed E-state index contributed by atoms with van der Waals surface area (Å²) in [4.78, 5) is 12.4. The number of rotatable bonds is 5. The minimum Gasteiger partial charge on any atom is -0.508 e. The predicted molar refractivity (Wildman–Crippen MR) is 92.0 cm³/mol. The highest BCUT2D eigenvalue weighted by molar-refractivity contribution is 5.92. The van der Waals surface area contributed by atoms with Crippen LogP contribution in [0.2, 0.25) is 0 Å². The summed E-state index contributed by atoms with van der Waals surface area (Å²) in [5.41, 5.74) is 7.48. The number of benzene rings is 1. The van der Waals surface area contributed by atoms with Crippen molar-refractivity contribution < 1.29 is 19.4 Å². The van der Waals surface area contributed by atoms with Crippen molar-refractivity contribution in [2.75, 3.05) is 6.61 Å². The zero-order valence-corrected chi connectivity index (χ0v) is 14.2. The molecule has 1 aliphatic rings. The lowest BCUT2D eigenvalue weighted by molar-refractivity contribution is -0.139. The van der Waals surface area contributed by atoms with Gasteiger partial charge in [0.2, 0.25) is 5.88 Å². The first kappa shape index (κ1) is 18.1. The molecular formula is C19H20N2O4. The Labute approximate surface area is 146 Å². The Morgan fingerprint density at radius 1 is 1.56 bits per heavy atom. The summed E-state index contributed by atoms with van der Waals surface area (Å²) in [6.07, 6.45) is 2.10. The van der Waals surface area contributed by atoms with Crippen LogP contribution in [0.15, 0.2) is 53.6 Å². The average molecular weight is 340 g/mol. The Hall–Kier alpha value is -3.20. The van der Waals surface area contributed by atoms with Crippen LogP contribution in [0.1, 0.15) is 30.9 Å². The molecule has 0 saturated heterocycles. The Morgan fingerprint density at radius 3 is 2.88 bits per heavy atom. The molecule has 0 bridgehead atoms. The zero-order valence-electron chi connectivity index (χ0n) is 14.2. The number of hydrogen-bond acceptors (Lipinski definition) is 6. The van der Waals surface area contributed by atoms with Crippen molar-refractivity contribution in [1.82, 2.24) is 0 Å². The van der Waals surface area contributed by atoms with Crippen molar-refractivity contribution in [3.05, 3.63) is 64.8 Å². The molecule has 0 radical (unpaired) electrons. The number of hydrogen-bond donors (Lipinski definition) is 2. The van der Waals surface area contributed by atoms with E-state index in [0.29, 0.717) is 23.3 Å². The molecule has 130 valence electrons. The second kappa shape index (κ2) is 7.58. The standard InChI is InChI=1S/C19H20N2O4/c1-4-6-12-9-13(7-8-15(12)22)17-14(10-20)18(21)25-11(3)16(17)19(23)24-5-2/h4,7-9,17,22H,1,5-6,21H2,2-3H3. The summed E-state index contributed by atoms with van der Waals surface area (Å²) in [6, 6.07) is 6.92. The van der Waals surface area contributed by atoms with Crippen LogP contribution in [0, 0.1) is 11.3 Å². The predicted octanol–water partition coefficient (Wildman–Crippen LogP) is 2.77. The van der Waals surface area contributed by atoms with Gasteiger partial charge >= 0.3 is 5.97 Å². The molecule has 1 aliphatic heterocycles. The van der Waals surface area contributed by atoms with Crippen LogP contribution in [0.5, 0.6) is 5.75 Å². The number of aromatic hydroxyl groups is 1. The summed E-state index contributed by atoms with van der Waals surface area (Å²) in [7, 11) is 0. The van der Waals surface area contributed by atoms with E-state index in [1.807, 2.05) is 6.07 Å². The van der Waals surface area contributed by atoms with E-state index >= 15 is 0 Å². The largest absolute Gasteiger partial charge is 0.508 e. The fourth-order valence-corrected chi connectivity index (χ4v) is 2.79. The monoisotopic (exact) mass is 340 g/mol. The Kier molecular flexibility index (Phi) is 5.50. The maximum absolute atomic E-state index is 12.4. The minimum atomic E-state index is -0.720. The van der Waals surface area contributed by atoms with Gasteiger partial charge in [0.15, 0.2) is 0 Å². The third kappa shape index (κ3) is 3.50. The molecule has 0 fully saturated rings. The quantitative estimate of drug-likeness (QED) is 0.631. The van der Waals surface area contributed by atoms with Crippen LogP contribution < -0.4 is 5.73 Å². The van der Waals surface area contributed by atoms with Gasteiger partial charge in [-0.25, -0.2) is 4.79 Å². The SMILES string of the molecule is C=CCc1cc(C2C(C#N)=C(N)OC(C)=C2C(=O)OCC)ccc1O. The molecule has 0 aromatic heterocycles. The van der Waals surface area contributed by atoms with Crippen molar-refractivity contribution in [2.24, 2.45) is 5.73 Å². The average Bonchev–Trinajstić information content (AvgIpc) is 2.56. The first-order valence-electron chi connectivity index (χ1n) is 7.82. The molecule has 1 heterocycles. The molecule has 1 unspecified atom stereocenters. The summed E-state index contributed by atoms with van der Waals surface area (Å²) >= 11 is 0. The van der Waals surface area contributed by atoms with Crippen LogP contribution in [0.25, 0.3) is 0 Å². The highest BCUT2D eigenvalue weighted by Crippen LogP contribution is 2.40. The van der Waals surface area contributed by atoms with Crippen molar-refractivity contribution in [3.63, 3.8) is 0 Å². The molecule has 2 rings (SSSR count). The van der Waals surface area contributed by atoms with Gasteiger partial charge in [-0.15, -0.1) is 6.58 Å². The second-order valence-corrected chi connectivity index (χ2v) is 5.50. The third-order valence-corrected chi connectivity index (χ3v) is 3.90. The third-order valence-electron chi connectivity index (χ3n) is 3.90. The molecule has 0 spiro atoms. The molecule has 1 aromatic carbocycles. The number of nitrogens with two attached hydrogens (primary N) is 1. The molecule has 1 atom stereocenters. The number of carbonyl (C=O) groups excluding carboxylic acids is 1. The van der Waals surface area contributed by atoms with Crippen LogP contribution in [-0.4, -0.2) is 17.7 Å². The topological polar surface area (TPSA) is 106 Å². The van der Waals surface area contributed by atoms with Crippen LogP contribution in [-0.2, 0) is 20.7 Å². The van der Waals surface area contributed by atoms with Gasteiger partial charge in [-0.3, -0.25) is 0 Å². The maximum atomic E-state index is 12.4. The van der Waals surface area contributed by atoms with E-state index in [1.54, 1.807) is 32.1 Å². The van der Waals surface area contributed by atoms with Gasteiger partial charge in [-0.2, -0.15) is 5.26 Å². The highest BCUT2D eigenvalue weighted by Gasteiger charge is 2.36. The molecule has 6 nitrogen and oxygen atoms in total. The van der Waals surface area contributed by atoms with Gasteiger partial charge in [-0.1, -0.05) is 18.2 Å². The molecule has 3 N–H and O–H groups in total. The summed E-state index contributed by atoms with van der Waals surface area (Å²) in [5.74, 6) is -0.926. The Bertz CT molecular complexity index is 815. The van der Waals surface area contributed by atoms with Gasteiger partial charge in [0.05, 0.1) is 18.1 Å². The first-order chi connectivity index (χ1) is 11.9. The van der Waals surface area contributed by atoms with E-state index in [0.717, 1.165) is 0 Å². The molecular weight excluding hydrogens is 320 g/mol. The van der Waals surface area contributed by atoms with Gasteiger partial charge in [0.25, 0.3) is 0 Å². The van der Waals surface area contributed by atoms with Crippen molar-refractivity contribution in [3.8, 4) is 11.8 Å². The Morgan fingerprint density at radius 2 is 2.28 bits per heavy atom. The van der Waals surface area contributed by atoms with Crippen molar-refractivity contribution in [2.45, 2.75) is 26.2 Å². The fourth-order valence-electron chi connectivity index (χ4n) is 2.79. The van der Waals surface area contributed by atoms with Crippen LogP contribution in [0.4, 0.5) is 0 Å². The number of ether oxygens (including phenoxy) is 2. The molecule has 1 aromatic rings. The van der Waals surface area contributed by atoms with Gasteiger partial charge in [0.1, 0.15) is 23.2 Å². The molecule has 25 heavy (non-hydrogen) atoms. The molecule has 0 amide bonds. The molecule has 0 aliphatic carbocycles. The molecule has 0 saturated carbocycles. The highest BCUT2D eigenvalue weighted by atomic mass is 16.5. The van der Waals surface area contributed by atoms with E-state index in [1.165, 1.54) is 6.07 Å². The number of phenolic OH excluding ortho intramolecular Hbond substituents is 1. The van der Waals surface area contributed by atoms with E-state index in [4.69, 9.17) is 15.2 Å². The van der Waals surface area contributed by atoms with Gasteiger partial charge in [0, 0.05) is 0 Å². The first-order valence-corrected chi connectivity index (χ1v) is 7.82. The van der Waals surface area contributed by atoms with Crippen LogP contribution in [0.3, 0.4) is 0 Å². The molecule has 6 heteroatoms. The maximum Gasteiger partial charge on any atom is 0.338 e. The number of carbonyl (C=O) groups is 1. The van der Waals surface area contributed by atoms with E-state index < -0.39 is 11.9 Å². The fraction of sp³-hybridized carbons (Fsp3) is 0.263. The van der Waals surface area contributed by atoms with E-state index in [9.17, 15) is 15.2 Å². The number of nitriles is 1. The lowest BCUT2D eigenvalue weighted by atomic mass is 9.82. The zero-order chi connectivity index (χ0) is 18.6. The number of phenols is 1. The smallest absolute Gasteiger partial charge is 0.338 e. The van der Waals surface area contributed by atoms with Crippen molar-refractivity contribution in [1.29, 1.82) is 5.26 Å². The number of allylic oxidation sites excluding steroid dienone is 3. The Balaban J connectivity index is 2.64. The van der Waals surface area contributed by atoms with Crippen molar-refractivity contribution >= 4 is 5.97 Å². The summed E-state index contributed by atoms with van der Waals surface area (Å²) < 4.78 is 10.5. The number of nitrogens with zero attached hydrogens (tertiary/aromatic N) is 1. The second-order valence-electron chi connectivity index (χ2n) is 5.50. The lowest BCUT2D eigenvalue weighted by Crippen LogP contribution is -2.25. The summed E-state index contributed by atoms with van der Waals surface area (Å²) in [6.45, 7) is 7.16. The minimum absolute atomic E-state index is 0.0450. The van der Waals surface area contributed by atoms with Crippen LogP contribution >= 0.6 is 0 Å². The normalized spacial score (nSPS) is 16.9. The summed E-state index contributed by atoms with van der Waals surface area (Å²) in [5, 5.41) is 19.5. The van der Waals surface area contributed by atoms with Gasteiger partial charge in [-0.05, 0) is 37.5 Å². The number of esters is 1.